The predicted octanol–water partition coefficient (Wildman–Crippen LogP) is 2.72. The number of hydrogen-bond donors (Lipinski definition) is 0. The van der Waals surface area contributed by atoms with Gasteiger partial charge in [0.1, 0.15) is 17.1 Å². The molecule has 0 radical (unpaired) electrons. The SMILES string of the molecule is Cc1ccn([C@@H]2O[C@@H]3CO[P@](=O)(OCCCC(=O)OC(C)C)O[C@H]3[C@@]2(C)Cl)c(=O)n1. The molecule has 0 spiro atoms. The lowest BCUT2D eigenvalue weighted by Gasteiger charge is -2.34. The summed E-state index contributed by atoms with van der Waals surface area (Å²) in [5, 5.41) is 0. The van der Waals surface area contributed by atoms with E-state index in [0.717, 1.165) is 0 Å². The van der Waals surface area contributed by atoms with Crippen molar-refractivity contribution < 1.29 is 32.4 Å². The first-order chi connectivity index (χ1) is 14.0. The van der Waals surface area contributed by atoms with E-state index in [2.05, 4.69) is 4.98 Å². The fourth-order valence-electron chi connectivity index (χ4n) is 3.30. The number of nitrogens with zero attached hydrogens (tertiary/aromatic N) is 2. The van der Waals surface area contributed by atoms with Crippen LogP contribution >= 0.6 is 19.4 Å². The van der Waals surface area contributed by atoms with Crippen LogP contribution < -0.4 is 5.69 Å². The van der Waals surface area contributed by atoms with Crippen LogP contribution in [0.1, 0.15) is 45.5 Å². The van der Waals surface area contributed by atoms with Crippen molar-refractivity contribution in [1.29, 1.82) is 0 Å². The number of phosphoric acid groups is 1. The second-order valence-electron chi connectivity index (χ2n) is 7.68. The van der Waals surface area contributed by atoms with Gasteiger partial charge in [0.2, 0.25) is 0 Å². The van der Waals surface area contributed by atoms with Gasteiger partial charge in [0.25, 0.3) is 0 Å². The zero-order chi connectivity index (χ0) is 22.1. The monoisotopic (exact) mass is 464 g/mol. The Kier molecular flexibility index (Phi) is 7.06. The van der Waals surface area contributed by atoms with Crippen molar-refractivity contribution in [3.63, 3.8) is 0 Å². The molecule has 2 aliphatic rings. The second kappa shape index (κ2) is 9.06. The minimum atomic E-state index is -3.91. The van der Waals surface area contributed by atoms with Gasteiger partial charge in [-0.15, -0.1) is 11.6 Å². The summed E-state index contributed by atoms with van der Waals surface area (Å²) in [5.41, 5.74) is 0.0526. The molecule has 0 unspecified atom stereocenters. The maximum atomic E-state index is 12.9. The van der Waals surface area contributed by atoms with Crippen molar-refractivity contribution in [2.45, 2.75) is 70.0 Å². The molecule has 0 bridgehead atoms. The first-order valence-electron chi connectivity index (χ1n) is 9.69. The van der Waals surface area contributed by atoms with Crippen LogP contribution in [0, 0.1) is 6.92 Å². The topological polar surface area (TPSA) is 115 Å². The van der Waals surface area contributed by atoms with Crippen LogP contribution in [0.2, 0.25) is 0 Å². The lowest BCUT2D eigenvalue weighted by molar-refractivity contribution is -0.147. The number of hydrogen-bond acceptors (Lipinski definition) is 9. The molecule has 2 fully saturated rings. The van der Waals surface area contributed by atoms with Crippen LogP contribution in [0.25, 0.3) is 0 Å². The third-order valence-electron chi connectivity index (χ3n) is 4.68. The molecule has 2 aliphatic heterocycles. The van der Waals surface area contributed by atoms with Gasteiger partial charge in [-0.05, 0) is 40.2 Å². The lowest BCUT2D eigenvalue weighted by Crippen LogP contribution is -2.45. The number of phosphoric ester groups is 1. The molecule has 1 aromatic rings. The summed E-state index contributed by atoms with van der Waals surface area (Å²) >= 11 is 6.70. The van der Waals surface area contributed by atoms with Crippen molar-refractivity contribution in [2.24, 2.45) is 0 Å². The first-order valence-corrected chi connectivity index (χ1v) is 11.5. The number of carbonyl (C=O) groups is 1. The number of carbonyl (C=O) groups excluding carboxylic acids is 1. The highest BCUT2D eigenvalue weighted by Gasteiger charge is 2.60. The quantitative estimate of drug-likeness (QED) is 0.260. The Labute approximate surface area is 179 Å². The normalized spacial score (nSPS) is 33.5. The average molecular weight is 465 g/mol. The molecular weight excluding hydrogens is 439 g/mol. The largest absolute Gasteiger partial charge is 0.475 e. The average Bonchev–Trinajstić information content (AvgIpc) is 2.89. The van der Waals surface area contributed by atoms with Gasteiger partial charge in [-0.1, -0.05) is 0 Å². The molecule has 30 heavy (non-hydrogen) atoms. The van der Waals surface area contributed by atoms with E-state index in [4.69, 9.17) is 34.6 Å². The number of ether oxygens (including phenoxy) is 2. The predicted molar refractivity (Wildman–Crippen MR) is 106 cm³/mol. The maximum Gasteiger partial charge on any atom is 0.475 e. The molecule has 1 aromatic heterocycles. The van der Waals surface area contributed by atoms with Crippen molar-refractivity contribution in [2.75, 3.05) is 13.2 Å². The summed E-state index contributed by atoms with van der Waals surface area (Å²) in [5.74, 6) is -0.366. The van der Waals surface area contributed by atoms with Gasteiger partial charge in [0.15, 0.2) is 6.23 Å². The van der Waals surface area contributed by atoms with Crippen molar-refractivity contribution in [1.82, 2.24) is 9.55 Å². The number of aryl methyl sites for hydroxylation is 1. The van der Waals surface area contributed by atoms with E-state index in [1.165, 1.54) is 4.57 Å². The van der Waals surface area contributed by atoms with Crippen LogP contribution in [-0.2, 0) is 32.4 Å². The van der Waals surface area contributed by atoms with E-state index in [0.29, 0.717) is 5.69 Å². The standard InChI is InChI=1S/C18H26ClN2O8P/c1-11(2)27-14(22)6-5-9-25-30(24)26-10-13-15(29-30)18(4,19)16(28-13)21-8-7-12(3)20-17(21)23/h7-8,11,13,15-16H,5-6,9-10H2,1-4H3/t13-,15-,16-,18-,30+/m1/s1. The minimum absolute atomic E-state index is 0.0213. The smallest absolute Gasteiger partial charge is 0.463 e. The van der Waals surface area contributed by atoms with Crippen molar-refractivity contribution >= 4 is 25.4 Å². The summed E-state index contributed by atoms with van der Waals surface area (Å²) < 4.78 is 41.2. The number of halogens is 1. The van der Waals surface area contributed by atoms with E-state index in [1.54, 1.807) is 40.0 Å². The fourth-order valence-corrected chi connectivity index (χ4v) is 5.22. The summed E-state index contributed by atoms with van der Waals surface area (Å²) in [6, 6.07) is 1.66. The minimum Gasteiger partial charge on any atom is -0.463 e. The Balaban J connectivity index is 1.62. The Bertz CT molecular complexity index is 889. The number of aromatic nitrogens is 2. The molecule has 0 N–H and O–H groups in total. The van der Waals surface area contributed by atoms with Crippen molar-refractivity contribution in [3.8, 4) is 0 Å². The highest BCUT2D eigenvalue weighted by atomic mass is 35.5. The van der Waals surface area contributed by atoms with E-state index in [1.807, 2.05) is 0 Å². The summed E-state index contributed by atoms with van der Waals surface area (Å²) in [6.07, 6.45) is -0.632. The Morgan fingerprint density at radius 3 is 2.90 bits per heavy atom. The lowest BCUT2D eigenvalue weighted by atomic mass is 10.0. The van der Waals surface area contributed by atoms with Gasteiger partial charge in [-0.25, -0.2) is 9.36 Å². The number of rotatable bonds is 7. The van der Waals surface area contributed by atoms with Gasteiger partial charge in [0.05, 0.1) is 19.3 Å². The van der Waals surface area contributed by atoms with Gasteiger partial charge in [-0.3, -0.25) is 22.9 Å². The molecule has 3 heterocycles. The Morgan fingerprint density at radius 1 is 1.50 bits per heavy atom. The zero-order valence-electron chi connectivity index (χ0n) is 17.3. The summed E-state index contributed by atoms with van der Waals surface area (Å²) in [6.45, 7) is 6.75. The molecule has 0 aromatic carbocycles. The van der Waals surface area contributed by atoms with Crippen LogP contribution in [0.5, 0.6) is 0 Å². The van der Waals surface area contributed by atoms with E-state index in [-0.39, 0.29) is 38.1 Å². The molecule has 0 aliphatic carbocycles. The number of fused-ring (bicyclic) bond motifs is 1. The second-order valence-corrected chi connectivity index (χ2v) is 10.1. The summed E-state index contributed by atoms with van der Waals surface area (Å²) in [4.78, 5) is 26.5. The fraction of sp³-hybridized carbons (Fsp3) is 0.722. The van der Waals surface area contributed by atoms with E-state index < -0.39 is 36.8 Å². The van der Waals surface area contributed by atoms with Crippen LogP contribution in [0.15, 0.2) is 17.1 Å². The Hall–Kier alpha value is -1.29. The van der Waals surface area contributed by atoms with Gasteiger partial charge < -0.3 is 9.47 Å². The van der Waals surface area contributed by atoms with Crippen molar-refractivity contribution in [3.05, 3.63) is 28.4 Å². The zero-order valence-corrected chi connectivity index (χ0v) is 18.9. The number of esters is 1. The molecule has 5 atom stereocenters. The molecular formula is C18H26ClN2O8P. The van der Waals surface area contributed by atoms with Crippen LogP contribution in [-0.4, -0.2) is 51.9 Å². The van der Waals surface area contributed by atoms with E-state index in [9.17, 15) is 14.2 Å². The molecule has 0 amide bonds. The Morgan fingerprint density at radius 2 is 2.23 bits per heavy atom. The third kappa shape index (κ3) is 5.12. The molecule has 168 valence electrons. The number of alkyl halides is 1. The highest BCUT2D eigenvalue weighted by molar-refractivity contribution is 7.48. The van der Waals surface area contributed by atoms with Gasteiger partial charge in [-0.2, -0.15) is 4.98 Å². The first kappa shape index (κ1) is 23.4. The maximum absolute atomic E-state index is 12.9. The molecule has 12 heteroatoms. The molecule has 2 saturated heterocycles. The highest BCUT2D eigenvalue weighted by Crippen LogP contribution is 2.60. The van der Waals surface area contributed by atoms with Crippen LogP contribution in [0.4, 0.5) is 0 Å². The third-order valence-corrected chi connectivity index (χ3v) is 6.53. The van der Waals surface area contributed by atoms with Gasteiger partial charge >= 0.3 is 19.5 Å². The molecule has 10 nitrogen and oxygen atoms in total. The van der Waals surface area contributed by atoms with E-state index >= 15 is 0 Å². The van der Waals surface area contributed by atoms with Crippen LogP contribution in [0.3, 0.4) is 0 Å². The molecule has 3 rings (SSSR count). The summed E-state index contributed by atoms with van der Waals surface area (Å²) in [7, 11) is -3.91. The molecule has 0 saturated carbocycles. The van der Waals surface area contributed by atoms with Gasteiger partial charge in [0, 0.05) is 18.3 Å².